The highest BCUT2D eigenvalue weighted by molar-refractivity contribution is 5.91. The molecule has 3 aliphatic heterocycles. The number of pyridine rings is 1. The number of rotatable bonds is 7. The molecular formula is C33H38FN7O2. The first kappa shape index (κ1) is 28.9. The lowest BCUT2D eigenvalue weighted by molar-refractivity contribution is -0.131. The number of aromatic nitrogens is 1. The molecule has 4 heterocycles. The molecule has 2 aromatic rings. The van der Waals surface area contributed by atoms with Crippen LogP contribution in [-0.4, -0.2) is 79.2 Å². The van der Waals surface area contributed by atoms with Crippen LogP contribution in [-0.2, 0) is 30.6 Å². The van der Waals surface area contributed by atoms with Crippen LogP contribution >= 0.6 is 0 Å². The van der Waals surface area contributed by atoms with E-state index in [0.717, 1.165) is 55.7 Å². The van der Waals surface area contributed by atoms with E-state index in [1.807, 2.05) is 0 Å². The van der Waals surface area contributed by atoms with Crippen LogP contribution in [0.4, 0.5) is 15.8 Å². The molecule has 4 aliphatic rings. The highest BCUT2D eigenvalue weighted by atomic mass is 19.1. The van der Waals surface area contributed by atoms with Gasteiger partial charge in [-0.05, 0) is 69.3 Å². The van der Waals surface area contributed by atoms with E-state index in [9.17, 15) is 19.7 Å². The average Bonchev–Trinajstić information content (AvgIpc) is 3.67. The van der Waals surface area contributed by atoms with Crippen LogP contribution in [0.15, 0.2) is 30.6 Å². The lowest BCUT2D eigenvalue weighted by Crippen LogP contribution is -2.55. The number of nitriles is 2. The molecule has 9 nitrogen and oxygen atoms in total. The van der Waals surface area contributed by atoms with Crippen molar-refractivity contribution in [2.75, 3.05) is 56.2 Å². The van der Waals surface area contributed by atoms with Gasteiger partial charge >= 0.3 is 0 Å². The quantitative estimate of drug-likeness (QED) is 0.453. The number of carbonyl (C=O) groups excluding carboxylic acids is 1. The molecule has 2 fully saturated rings. The number of hydrogen-bond acceptors (Lipinski definition) is 8. The molecule has 0 unspecified atom stereocenters. The van der Waals surface area contributed by atoms with Crippen molar-refractivity contribution in [2.24, 2.45) is 0 Å². The molecular weight excluding hydrogens is 545 g/mol. The molecule has 0 spiro atoms. The van der Waals surface area contributed by atoms with Gasteiger partial charge in [-0.15, -0.1) is 0 Å². The molecule has 1 aliphatic carbocycles. The number of carbonyl (C=O) groups is 1. The maximum Gasteiger partial charge on any atom is 0.282 e. The fourth-order valence-corrected chi connectivity index (χ4v) is 7.32. The van der Waals surface area contributed by atoms with Gasteiger partial charge in [-0.3, -0.25) is 4.79 Å². The van der Waals surface area contributed by atoms with Gasteiger partial charge in [-0.25, -0.2) is 9.37 Å². The molecule has 10 heteroatoms. The molecule has 2 atom stereocenters. The Kier molecular flexibility index (Phi) is 8.23. The topological polar surface area (TPSA) is 99.7 Å². The Morgan fingerprint density at radius 1 is 1.09 bits per heavy atom. The van der Waals surface area contributed by atoms with Crippen LogP contribution in [0.2, 0.25) is 0 Å². The van der Waals surface area contributed by atoms with Crippen molar-refractivity contribution in [3.63, 3.8) is 0 Å². The number of aryl methyl sites for hydroxylation is 1. The molecule has 0 bridgehead atoms. The summed E-state index contributed by atoms with van der Waals surface area (Å²) in [5.41, 5.74) is 7.17. The number of amides is 1. The molecule has 0 radical (unpaired) electrons. The highest BCUT2D eigenvalue weighted by Gasteiger charge is 2.36. The van der Waals surface area contributed by atoms with Crippen molar-refractivity contribution in [1.29, 1.82) is 10.5 Å². The number of anilines is 2. The predicted octanol–water partition coefficient (Wildman–Crippen LogP) is 3.89. The summed E-state index contributed by atoms with van der Waals surface area (Å²) in [7, 11) is 2.09. The summed E-state index contributed by atoms with van der Waals surface area (Å²) in [6.45, 7) is 6.97. The van der Waals surface area contributed by atoms with E-state index >= 15 is 0 Å². The van der Waals surface area contributed by atoms with Crippen LogP contribution in [0.1, 0.15) is 53.6 Å². The molecule has 0 N–H and O–H groups in total. The van der Waals surface area contributed by atoms with E-state index in [1.165, 1.54) is 28.1 Å². The van der Waals surface area contributed by atoms with Gasteiger partial charge in [0.15, 0.2) is 5.83 Å². The van der Waals surface area contributed by atoms with E-state index in [0.29, 0.717) is 44.1 Å². The minimum atomic E-state index is -1.03. The Bertz CT molecular complexity index is 1510. The van der Waals surface area contributed by atoms with E-state index in [1.54, 1.807) is 0 Å². The highest BCUT2D eigenvalue weighted by Crippen LogP contribution is 2.40. The number of nitrogens with zero attached hydrogens (tertiary/aromatic N) is 7. The smallest absolute Gasteiger partial charge is 0.282 e. The lowest BCUT2D eigenvalue weighted by Gasteiger charge is -2.43. The third kappa shape index (κ3) is 5.52. The molecule has 1 aromatic carbocycles. The predicted molar refractivity (Wildman–Crippen MR) is 162 cm³/mol. The zero-order chi connectivity index (χ0) is 30.1. The third-order valence-corrected chi connectivity index (χ3v) is 9.57. The van der Waals surface area contributed by atoms with Crippen molar-refractivity contribution in [1.82, 2.24) is 14.8 Å². The monoisotopic (exact) mass is 583 g/mol. The Hall–Kier alpha value is -4.15. The van der Waals surface area contributed by atoms with Crippen molar-refractivity contribution < 1.29 is 13.9 Å². The number of halogens is 1. The van der Waals surface area contributed by atoms with Crippen molar-refractivity contribution in [2.45, 2.75) is 63.6 Å². The van der Waals surface area contributed by atoms with Crippen molar-refractivity contribution in [3.8, 4) is 18.0 Å². The Morgan fingerprint density at radius 3 is 2.70 bits per heavy atom. The Morgan fingerprint density at radius 2 is 1.95 bits per heavy atom. The maximum atomic E-state index is 13.9. The Labute approximate surface area is 252 Å². The molecule has 224 valence electrons. The van der Waals surface area contributed by atoms with Crippen LogP contribution in [0.25, 0.3) is 0 Å². The zero-order valence-electron chi connectivity index (χ0n) is 24.8. The summed E-state index contributed by atoms with van der Waals surface area (Å²) in [4.78, 5) is 25.7. The maximum absolute atomic E-state index is 13.9. The number of likely N-dealkylation sites (N-methyl/N-ethyl adjacent to an activating group) is 1. The molecule has 1 aromatic heterocycles. The van der Waals surface area contributed by atoms with Gasteiger partial charge < -0.3 is 24.3 Å². The van der Waals surface area contributed by atoms with E-state index in [4.69, 9.17) is 9.72 Å². The number of piperazine rings is 1. The lowest BCUT2D eigenvalue weighted by atomic mass is 9.96. The number of benzene rings is 1. The van der Waals surface area contributed by atoms with Gasteiger partial charge in [0.05, 0.1) is 36.5 Å². The second-order valence-corrected chi connectivity index (χ2v) is 12.1. The van der Waals surface area contributed by atoms with Gasteiger partial charge in [-0.1, -0.05) is 18.7 Å². The molecule has 6 rings (SSSR count). The summed E-state index contributed by atoms with van der Waals surface area (Å²) in [5.74, 6) is -1.48. The van der Waals surface area contributed by atoms with Gasteiger partial charge in [0.1, 0.15) is 18.2 Å². The van der Waals surface area contributed by atoms with Crippen molar-refractivity contribution in [3.05, 3.63) is 58.6 Å². The normalized spacial score (nSPS) is 21.6. The summed E-state index contributed by atoms with van der Waals surface area (Å²) >= 11 is 0. The van der Waals surface area contributed by atoms with Crippen molar-refractivity contribution >= 4 is 17.3 Å². The number of ether oxygens (including phenoxy) is 1. The molecule has 2 saturated heterocycles. The standard InChI is InChI=1S/C33H38FN7O2/c1-22(34)33(42)41-17-16-40(19-24(41)11-13-35)31-27-12-15-39(30-10-4-7-23-6-3-9-26(23)30)20-29(27)37-32(28(31)18-36)43-21-25-8-5-14-38(25)2/h4,7,10,24-25H,1,3,5-6,8-9,11-12,14-17,19-21H2,2H3/t24-,25-/m0/s1. The molecule has 1 amide bonds. The number of likely N-dealkylation sites (tertiary alicyclic amines) is 1. The van der Waals surface area contributed by atoms with E-state index < -0.39 is 17.8 Å². The number of fused-ring (bicyclic) bond motifs is 2. The SMILES string of the molecule is C=C(F)C(=O)N1CCN(c2c(C#N)c(OC[C@@H]3CCCN3C)nc3c2CCN(c2cccc4c2CCC4)C3)C[C@@H]1CC#N. The minimum absolute atomic E-state index is 0.0505. The van der Waals surface area contributed by atoms with Gasteiger partial charge in [0, 0.05) is 43.5 Å². The fraction of sp³-hybridized carbons (Fsp3) is 0.515. The average molecular weight is 584 g/mol. The number of hydrogen-bond donors (Lipinski definition) is 0. The summed E-state index contributed by atoms with van der Waals surface area (Å²) < 4.78 is 20.2. The van der Waals surface area contributed by atoms with Gasteiger partial charge in [0.25, 0.3) is 5.91 Å². The summed E-state index contributed by atoms with van der Waals surface area (Å²) in [6.07, 6.45) is 6.27. The van der Waals surface area contributed by atoms with Gasteiger partial charge in [-0.2, -0.15) is 10.5 Å². The minimum Gasteiger partial charge on any atom is -0.475 e. The molecule has 43 heavy (non-hydrogen) atoms. The molecule has 0 saturated carbocycles. The summed E-state index contributed by atoms with van der Waals surface area (Å²) in [6, 6.07) is 10.9. The second kappa shape index (κ2) is 12.2. The second-order valence-electron chi connectivity index (χ2n) is 12.1. The van der Waals surface area contributed by atoms with Crippen LogP contribution in [0.3, 0.4) is 0 Å². The first-order valence-corrected chi connectivity index (χ1v) is 15.3. The Balaban J connectivity index is 1.37. The van der Waals surface area contributed by atoms with Crippen LogP contribution in [0.5, 0.6) is 5.88 Å². The van der Waals surface area contributed by atoms with Crippen LogP contribution < -0.4 is 14.5 Å². The van der Waals surface area contributed by atoms with E-state index in [-0.39, 0.29) is 19.0 Å². The van der Waals surface area contributed by atoms with Gasteiger partial charge in [0.2, 0.25) is 5.88 Å². The first-order chi connectivity index (χ1) is 20.9. The van der Waals surface area contributed by atoms with Crippen LogP contribution in [0, 0.1) is 22.7 Å². The zero-order valence-corrected chi connectivity index (χ0v) is 24.8. The van der Waals surface area contributed by atoms with E-state index in [2.05, 4.69) is 58.7 Å². The largest absolute Gasteiger partial charge is 0.475 e. The first-order valence-electron chi connectivity index (χ1n) is 15.3. The third-order valence-electron chi connectivity index (χ3n) is 9.57. The summed E-state index contributed by atoms with van der Waals surface area (Å²) in [5, 5.41) is 20.0. The fourth-order valence-electron chi connectivity index (χ4n) is 7.32.